The number of carboxylic acids is 1. The average molecular weight is 251 g/mol. The minimum atomic E-state index is -3.11. The Morgan fingerprint density at radius 2 is 1.88 bits per heavy atom. The lowest BCUT2D eigenvalue weighted by atomic mass is 10.2. The first-order valence-electron chi connectivity index (χ1n) is 4.89. The molecule has 0 rings (SSSR count). The van der Waals surface area contributed by atoms with Crippen LogP contribution in [0.5, 0.6) is 0 Å². The molecule has 1 unspecified atom stereocenters. The van der Waals surface area contributed by atoms with E-state index in [1.54, 1.807) is 6.92 Å². The van der Waals surface area contributed by atoms with E-state index in [2.05, 4.69) is 5.32 Å². The van der Waals surface area contributed by atoms with Crippen LogP contribution < -0.4 is 5.32 Å². The average Bonchev–Trinajstić information content (AvgIpc) is 1.98. The zero-order valence-electron chi connectivity index (χ0n) is 9.39. The Bertz CT molecular complexity index is 349. The normalized spacial score (nSPS) is 13.1. The van der Waals surface area contributed by atoms with Crippen LogP contribution in [-0.2, 0) is 19.4 Å². The fourth-order valence-corrected chi connectivity index (χ4v) is 2.23. The van der Waals surface area contributed by atoms with Crippen LogP contribution in [0.3, 0.4) is 0 Å². The fourth-order valence-electron chi connectivity index (χ4n) is 1.24. The third kappa shape index (κ3) is 9.45. The van der Waals surface area contributed by atoms with E-state index in [0.29, 0.717) is 0 Å². The van der Waals surface area contributed by atoms with Gasteiger partial charge in [-0.2, -0.15) is 0 Å². The minimum absolute atomic E-state index is 0.0616. The Morgan fingerprint density at radius 1 is 1.31 bits per heavy atom. The highest BCUT2D eigenvalue weighted by Crippen LogP contribution is 1.97. The summed E-state index contributed by atoms with van der Waals surface area (Å²) in [6, 6.07) is -0.452. The van der Waals surface area contributed by atoms with Crippen LogP contribution in [0.1, 0.15) is 26.2 Å². The van der Waals surface area contributed by atoms with Crippen LogP contribution in [0, 0.1) is 0 Å². The Labute approximate surface area is 95.0 Å². The van der Waals surface area contributed by atoms with E-state index in [0.717, 1.165) is 6.26 Å². The van der Waals surface area contributed by atoms with Crippen molar-refractivity contribution in [1.82, 2.24) is 5.32 Å². The molecule has 7 heteroatoms. The van der Waals surface area contributed by atoms with Gasteiger partial charge in [0.1, 0.15) is 9.84 Å². The van der Waals surface area contributed by atoms with Gasteiger partial charge in [-0.15, -0.1) is 0 Å². The van der Waals surface area contributed by atoms with Gasteiger partial charge in [-0.3, -0.25) is 9.59 Å². The van der Waals surface area contributed by atoms with Crippen molar-refractivity contribution < 1.29 is 23.1 Å². The Hall–Kier alpha value is -1.11. The van der Waals surface area contributed by atoms with Crippen molar-refractivity contribution in [3.05, 3.63) is 0 Å². The van der Waals surface area contributed by atoms with Gasteiger partial charge in [0.15, 0.2) is 0 Å². The third-order valence-corrected chi connectivity index (χ3v) is 2.86. The molecule has 94 valence electrons. The number of rotatable bonds is 7. The van der Waals surface area contributed by atoms with Gasteiger partial charge in [0.25, 0.3) is 0 Å². The minimum Gasteiger partial charge on any atom is -0.481 e. The summed E-state index contributed by atoms with van der Waals surface area (Å²) in [5, 5.41) is 10.8. The fraction of sp³-hybridized carbons (Fsp3) is 0.778. The molecule has 1 atom stereocenters. The van der Waals surface area contributed by atoms with Gasteiger partial charge in [-0.25, -0.2) is 8.42 Å². The van der Waals surface area contributed by atoms with Crippen molar-refractivity contribution in [1.29, 1.82) is 0 Å². The Balaban J connectivity index is 3.83. The van der Waals surface area contributed by atoms with Gasteiger partial charge in [0.05, 0.1) is 5.75 Å². The number of hydrogen-bond donors (Lipinski definition) is 2. The number of amides is 1. The smallest absolute Gasteiger partial charge is 0.303 e. The van der Waals surface area contributed by atoms with Gasteiger partial charge in [0, 0.05) is 25.1 Å². The van der Waals surface area contributed by atoms with Crippen LogP contribution in [0.4, 0.5) is 0 Å². The van der Waals surface area contributed by atoms with E-state index in [4.69, 9.17) is 5.11 Å². The first-order valence-corrected chi connectivity index (χ1v) is 6.95. The van der Waals surface area contributed by atoms with E-state index in [-0.39, 0.29) is 30.9 Å². The molecule has 0 radical (unpaired) electrons. The molecule has 16 heavy (non-hydrogen) atoms. The largest absolute Gasteiger partial charge is 0.481 e. The van der Waals surface area contributed by atoms with Crippen LogP contribution in [0.25, 0.3) is 0 Å². The monoisotopic (exact) mass is 251 g/mol. The first kappa shape index (κ1) is 14.9. The second-order valence-corrected chi connectivity index (χ2v) is 5.99. The lowest BCUT2D eigenvalue weighted by Crippen LogP contribution is -2.37. The highest BCUT2D eigenvalue weighted by molar-refractivity contribution is 7.90. The molecule has 0 heterocycles. The first-order chi connectivity index (χ1) is 7.20. The van der Waals surface area contributed by atoms with E-state index in [9.17, 15) is 18.0 Å². The molecular formula is C9H17NO5S. The number of sulfone groups is 1. The standard InChI is InChI=1S/C9H17NO5S/c1-7(6-16(2,14)15)10-8(11)4-3-5-9(12)13/h7H,3-6H2,1-2H3,(H,10,11)(H,12,13). The molecule has 0 saturated carbocycles. The van der Waals surface area contributed by atoms with Crippen molar-refractivity contribution in [2.24, 2.45) is 0 Å². The molecule has 0 aliphatic heterocycles. The summed E-state index contributed by atoms with van der Waals surface area (Å²) >= 11 is 0. The van der Waals surface area contributed by atoms with Gasteiger partial charge in [-0.1, -0.05) is 0 Å². The van der Waals surface area contributed by atoms with E-state index in [1.165, 1.54) is 0 Å². The van der Waals surface area contributed by atoms with E-state index in [1.807, 2.05) is 0 Å². The summed E-state index contributed by atoms with van der Waals surface area (Å²) < 4.78 is 21.8. The van der Waals surface area contributed by atoms with E-state index < -0.39 is 21.8 Å². The van der Waals surface area contributed by atoms with Crippen LogP contribution in [-0.4, -0.2) is 43.5 Å². The molecule has 0 spiro atoms. The van der Waals surface area contributed by atoms with Crippen LogP contribution >= 0.6 is 0 Å². The summed E-state index contributed by atoms with van der Waals surface area (Å²) in [5.41, 5.74) is 0. The van der Waals surface area contributed by atoms with Gasteiger partial charge in [-0.05, 0) is 13.3 Å². The number of aliphatic carboxylic acids is 1. The maximum Gasteiger partial charge on any atom is 0.303 e. The van der Waals surface area contributed by atoms with Crippen molar-refractivity contribution in [3.8, 4) is 0 Å². The maximum absolute atomic E-state index is 11.2. The molecule has 2 N–H and O–H groups in total. The number of carboxylic acid groups (broad SMARTS) is 1. The Morgan fingerprint density at radius 3 is 2.31 bits per heavy atom. The second-order valence-electron chi connectivity index (χ2n) is 3.81. The predicted octanol–water partition coefficient (Wildman–Crippen LogP) is -0.209. The number of nitrogens with one attached hydrogen (secondary N) is 1. The Kier molecular flexibility index (Phi) is 6.02. The highest BCUT2D eigenvalue weighted by Gasteiger charge is 2.13. The summed E-state index contributed by atoms with van der Waals surface area (Å²) in [6.45, 7) is 1.59. The second kappa shape index (κ2) is 6.47. The molecule has 0 aliphatic rings. The van der Waals surface area contributed by atoms with Crippen molar-refractivity contribution >= 4 is 21.7 Å². The molecular weight excluding hydrogens is 234 g/mol. The number of carbonyl (C=O) groups is 2. The van der Waals surface area contributed by atoms with Crippen LogP contribution in [0.2, 0.25) is 0 Å². The lowest BCUT2D eigenvalue weighted by molar-refractivity contribution is -0.137. The maximum atomic E-state index is 11.2. The zero-order chi connectivity index (χ0) is 12.8. The van der Waals surface area contributed by atoms with Crippen molar-refractivity contribution in [2.45, 2.75) is 32.2 Å². The highest BCUT2D eigenvalue weighted by atomic mass is 32.2. The quantitative estimate of drug-likeness (QED) is 0.652. The van der Waals surface area contributed by atoms with Gasteiger partial charge >= 0.3 is 5.97 Å². The number of carbonyl (C=O) groups excluding carboxylic acids is 1. The van der Waals surface area contributed by atoms with Crippen LogP contribution in [0.15, 0.2) is 0 Å². The molecule has 0 aromatic rings. The SMILES string of the molecule is CC(CS(C)(=O)=O)NC(=O)CCCC(=O)O. The molecule has 0 fully saturated rings. The molecule has 0 aromatic carbocycles. The van der Waals surface area contributed by atoms with Crippen molar-refractivity contribution in [3.63, 3.8) is 0 Å². The van der Waals surface area contributed by atoms with Gasteiger partial charge in [0.2, 0.25) is 5.91 Å². The summed E-state index contributed by atoms with van der Waals surface area (Å²) in [5.74, 6) is -1.38. The van der Waals surface area contributed by atoms with Crippen molar-refractivity contribution in [2.75, 3.05) is 12.0 Å². The summed E-state index contributed by atoms with van der Waals surface area (Å²) in [7, 11) is -3.11. The molecule has 0 aliphatic carbocycles. The number of hydrogen-bond acceptors (Lipinski definition) is 4. The van der Waals surface area contributed by atoms with E-state index >= 15 is 0 Å². The van der Waals surface area contributed by atoms with Gasteiger partial charge < -0.3 is 10.4 Å². The molecule has 0 bridgehead atoms. The molecule has 1 amide bonds. The topological polar surface area (TPSA) is 101 Å². The lowest BCUT2D eigenvalue weighted by Gasteiger charge is -2.12. The molecule has 6 nitrogen and oxygen atoms in total. The summed E-state index contributed by atoms with van der Waals surface area (Å²) in [4.78, 5) is 21.4. The third-order valence-electron chi connectivity index (χ3n) is 1.75. The molecule has 0 saturated heterocycles. The molecule has 0 aromatic heterocycles. The predicted molar refractivity (Wildman–Crippen MR) is 58.8 cm³/mol. The zero-order valence-corrected chi connectivity index (χ0v) is 10.2. The summed E-state index contributed by atoms with van der Waals surface area (Å²) in [6.07, 6.45) is 1.39.